The topological polar surface area (TPSA) is 35.4 Å². The molecular weight excluding hydrogens is 261 g/mol. The fourth-order valence-electron chi connectivity index (χ4n) is 1.09. The van der Waals surface area contributed by atoms with Crippen LogP contribution in [0.15, 0.2) is 22.6 Å². The second kappa shape index (κ2) is 5.38. The molecule has 1 aromatic carbocycles. The van der Waals surface area contributed by atoms with Gasteiger partial charge in [-0.2, -0.15) is 0 Å². The van der Waals surface area contributed by atoms with Crippen LogP contribution in [0, 0.1) is 5.82 Å². The van der Waals surface area contributed by atoms with Crippen LogP contribution in [0.5, 0.6) is 0 Å². The summed E-state index contributed by atoms with van der Waals surface area (Å²) in [5, 5.41) is 0.330. The van der Waals surface area contributed by atoms with Gasteiger partial charge in [0.1, 0.15) is 21.9 Å². The van der Waals surface area contributed by atoms with Gasteiger partial charge >= 0.3 is 0 Å². The van der Waals surface area contributed by atoms with Crippen LogP contribution in [0.25, 0.3) is 0 Å². The van der Waals surface area contributed by atoms with E-state index in [9.17, 15) is 8.94 Å². The Balaban J connectivity index is 3.04. The summed E-state index contributed by atoms with van der Waals surface area (Å²) in [4.78, 5) is 0. The molecule has 0 aliphatic carbocycles. The first kappa shape index (κ1) is 14.5. The van der Waals surface area contributed by atoms with Gasteiger partial charge in [-0.3, -0.25) is 0 Å². The maximum Gasteiger partial charge on any atom is 0.144 e. The van der Waals surface area contributed by atoms with Gasteiger partial charge in [-0.1, -0.05) is 16.0 Å². The van der Waals surface area contributed by atoms with E-state index in [-0.39, 0.29) is 0 Å². The average molecular weight is 276 g/mol. The second-order valence-electron chi connectivity index (χ2n) is 4.66. The molecular formula is C12H15ClFNOS. The number of halogens is 2. The summed E-state index contributed by atoms with van der Waals surface area (Å²) in [6.45, 7) is 7.09. The van der Waals surface area contributed by atoms with E-state index in [1.807, 2.05) is 20.8 Å². The highest BCUT2D eigenvalue weighted by atomic mass is 35.5. The highest BCUT2D eigenvalue weighted by Gasteiger charge is 2.27. The van der Waals surface area contributed by atoms with Crippen molar-refractivity contribution in [3.05, 3.63) is 34.6 Å². The largest absolute Gasteiger partial charge is 0.591 e. The first-order valence-electron chi connectivity index (χ1n) is 5.14. The van der Waals surface area contributed by atoms with Gasteiger partial charge in [0.15, 0.2) is 0 Å². The normalized spacial score (nSPS) is 14.9. The summed E-state index contributed by atoms with van der Waals surface area (Å²) in [5.74, 6) is -0.454. The number of hydrogen-bond donors (Lipinski definition) is 0. The molecule has 0 aliphatic heterocycles. The van der Waals surface area contributed by atoms with Crippen molar-refractivity contribution in [2.45, 2.75) is 32.4 Å². The maximum atomic E-state index is 13.6. The molecule has 1 aromatic rings. The first-order chi connectivity index (χ1) is 7.71. The summed E-state index contributed by atoms with van der Waals surface area (Å²) < 4.78 is 28.9. The third-order valence-corrected chi connectivity index (χ3v) is 3.79. The number of benzene rings is 1. The minimum Gasteiger partial charge on any atom is -0.591 e. The summed E-state index contributed by atoms with van der Waals surface area (Å²) in [7, 11) is 0. The Morgan fingerprint density at radius 1 is 1.41 bits per heavy atom. The summed E-state index contributed by atoms with van der Waals surface area (Å²) in [6, 6.07) is 4.34. The Hall–Kier alpha value is -0.580. The van der Waals surface area contributed by atoms with Crippen LogP contribution in [0.4, 0.5) is 4.39 Å². The molecule has 1 unspecified atom stereocenters. The van der Waals surface area contributed by atoms with Gasteiger partial charge in [0.05, 0.1) is 5.71 Å². The van der Waals surface area contributed by atoms with Crippen molar-refractivity contribution in [2.75, 3.05) is 0 Å². The summed E-state index contributed by atoms with van der Waals surface area (Å²) in [5.41, 5.74) is 0.736. The highest BCUT2D eigenvalue weighted by molar-refractivity contribution is 7.91. The van der Waals surface area contributed by atoms with Crippen molar-refractivity contribution >= 4 is 28.7 Å². The average Bonchev–Trinajstić information content (AvgIpc) is 2.15. The van der Waals surface area contributed by atoms with E-state index in [1.54, 1.807) is 13.0 Å². The molecule has 17 heavy (non-hydrogen) atoms. The lowest BCUT2D eigenvalue weighted by atomic mass is 10.1. The molecule has 0 fully saturated rings. The zero-order chi connectivity index (χ0) is 13.2. The van der Waals surface area contributed by atoms with E-state index in [0.29, 0.717) is 16.3 Å². The minimum atomic E-state index is -1.39. The van der Waals surface area contributed by atoms with Crippen LogP contribution >= 0.6 is 11.6 Å². The standard InChI is InChI=1S/C12H15ClFNOS/c1-8(15-17(16)12(2,3)4)10-6-5-9(13)7-11(10)14/h5-7H,1-4H3/b15-8+. The van der Waals surface area contributed by atoms with Crippen LogP contribution in [0.3, 0.4) is 0 Å². The highest BCUT2D eigenvalue weighted by Crippen LogP contribution is 2.20. The van der Waals surface area contributed by atoms with E-state index in [2.05, 4.69) is 4.40 Å². The predicted molar refractivity (Wildman–Crippen MR) is 71.5 cm³/mol. The first-order valence-corrected chi connectivity index (χ1v) is 6.63. The monoisotopic (exact) mass is 275 g/mol. The van der Waals surface area contributed by atoms with Gasteiger partial charge in [0.25, 0.3) is 0 Å². The van der Waals surface area contributed by atoms with Crippen molar-refractivity contribution < 1.29 is 8.94 Å². The fraction of sp³-hybridized carbons (Fsp3) is 0.417. The van der Waals surface area contributed by atoms with E-state index in [0.717, 1.165) is 0 Å². The SMILES string of the molecule is C/C(=N\[S+]([O-])C(C)(C)C)c1ccc(Cl)cc1F. The molecule has 0 radical (unpaired) electrons. The number of nitrogens with zero attached hydrogens (tertiary/aromatic N) is 1. The lowest BCUT2D eigenvalue weighted by molar-refractivity contribution is 0.561. The molecule has 2 nitrogen and oxygen atoms in total. The molecule has 0 heterocycles. The maximum absolute atomic E-state index is 13.6. The predicted octanol–water partition coefficient (Wildman–Crippen LogP) is 3.75. The van der Waals surface area contributed by atoms with Crippen molar-refractivity contribution in [1.82, 2.24) is 0 Å². The van der Waals surface area contributed by atoms with Crippen molar-refractivity contribution in [1.29, 1.82) is 0 Å². The van der Waals surface area contributed by atoms with Gasteiger partial charge in [-0.05, 0) is 45.9 Å². The molecule has 0 aromatic heterocycles. The Kier molecular flexibility index (Phi) is 4.58. The van der Waals surface area contributed by atoms with E-state index >= 15 is 0 Å². The summed E-state index contributed by atoms with van der Waals surface area (Å²) >= 11 is 4.27. The Labute approximate surface area is 109 Å². The molecule has 0 N–H and O–H groups in total. The lowest BCUT2D eigenvalue weighted by Gasteiger charge is -2.18. The fourth-order valence-corrected chi connectivity index (χ4v) is 1.87. The molecule has 0 saturated carbocycles. The summed E-state index contributed by atoms with van der Waals surface area (Å²) in [6.07, 6.45) is 0. The van der Waals surface area contributed by atoms with Gasteiger partial charge in [-0.15, -0.1) is 0 Å². The van der Waals surface area contributed by atoms with E-state index in [1.165, 1.54) is 12.1 Å². The van der Waals surface area contributed by atoms with E-state index < -0.39 is 21.9 Å². The van der Waals surface area contributed by atoms with Gasteiger partial charge in [0, 0.05) is 10.6 Å². The van der Waals surface area contributed by atoms with Crippen LogP contribution in [-0.4, -0.2) is 15.0 Å². The zero-order valence-corrected chi connectivity index (χ0v) is 11.8. The molecule has 1 atom stereocenters. The quantitative estimate of drug-likeness (QED) is 0.598. The van der Waals surface area contributed by atoms with Gasteiger partial charge in [-0.25, -0.2) is 4.39 Å². The van der Waals surface area contributed by atoms with Gasteiger partial charge in [0.2, 0.25) is 0 Å². The minimum absolute atomic E-state index is 0.326. The van der Waals surface area contributed by atoms with Crippen LogP contribution in [-0.2, 0) is 11.4 Å². The lowest BCUT2D eigenvalue weighted by Crippen LogP contribution is -2.26. The Bertz CT molecular complexity index is 443. The van der Waals surface area contributed by atoms with Crippen LogP contribution in [0.1, 0.15) is 33.3 Å². The van der Waals surface area contributed by atoms with Crippen LogP contribution in [0.2, 0.25) is 5.02 Å². The third kappa shape index (κ3) is 3.98. The molecule has 0 amide bonds. The molecule has 94 valence electrons. The van der Waals surface area contributed by atoms with Crippen LogP contribution < -0.4 is 0 Å². The molecule has 0 aliphatic rings. The Morgan fingerprint density at radius 2 is 2.00 bits per heavy atom. The van der Waals surface area contributed by atoms with Gasteiger partial charge < -0.3 is 4.55 Å². The number of rotatable bonds is 2. The van der Waals surface area contributed by atoms with Crippen molar-refractivity contribution in [3.63, 3.8) is 0 Å². The smallest absolute Gasteiger partial charge is 0.144 e. The molecule has 0 spiro atoms. The molecule has 0 saturated heterocycles. The molecule has 0 bridgehead atoms. The third-order valence-electron chi connectivity index (χ3n) is 2.06. The number of hydrogen-bond acceptors (Lipinski definition) is 2. The molecule has 5 heteroatoms. The van der Waals surface area contributed by atoms with Crippen molar-refractivity contribution in [2.24, 2.45) is 4.40 Å². The Morgan fingerprint density at radius 3 is 2.47 bits per heavy atom. The zero-order valence-electron chi connectivity index (χ0n) is 10.3. The molecule has 1 rings (SSSR count). The second-order valence-corrected chi connectivity index (χ2v) is 7.00. The van der Waals surface area contributed by atoms with E-state index in [4.69, 9.17) is 11.6 Å². The van der Waals surface area contributed by atoms with Crippen molar-refractivity contribution in [3.8, 4) is 0 Å².